The molecule has 0 aromatic carbocycles. The molecule has 0 aliphatic heterocycles. The van der Waals surface area contributed by atoms with Crippen molar-refractivity contribution in [2.24, 2.45) is 0 Å². The van der Waals surface area contributed by atoms with Crippen molar-refractivity contribution in [3.05, 3.63) is 22.8 Å². The van der Waals surface area contributed by atoms with E-state index < -0.39 is 0 Å². The van der Waals surface area contributed by atoms with E-state index in [0.29, 0.717) is 11.0 Å². The summed E-state index contributed by atoms with van der Waals surface area (Å²) in [5.74, 6) is 0.537. The van der Waals surface area contributed by atoms with Gasteiger partial charge in [-0.15, -0.1) is 0 Å². The highest BCUT2D eigenvalue weighted by molar-refractivity contribution is 6.29. The zero-order valence-electron chi connectivity index (χ0n) is 5.76. The Kier molecular flexibility index (Phi) is 2.12. The van der Waals surface area contributed by atoms with Gasteiger partial charge in [-0.05, 0) is 18.1 Å². The molecule has 3 heteroatoms. The first-order valence-corrected chi connectivity index (χ1v) is 3.52. The Labute approximate surface area is 65.0 Å². The number of nitrogens with two attached hydrogens (primary N) is 1. The number of halogens is 1. The topological polar surface area (TPSA) is 38.9 Å². The molecule has 0 aliphatic carbocycles. The van der Waals surface area contributed by atoms with Crippen molar-refractivity contribution in [2.75, 3.05) is 5.73 Å². The molecule has 1 heterocycles. The Hall–Kier alpha value is -0.760. The predicted octanol–water partition coefficient (Wildman–Crippen LogP) is 1.88. The second-order valence-electron chi connectivity index (χ2n) is 2.03. The van der Waals surface area contributed by atoms with Crippen molar-refractivity contribution in [3.8, 4) is 0 Å². The largest absolute Gasteiger partial charge is 0.383 e. The summed E-state index contributed by atoms with van der Waals surface area (Å²) in [4.78, 5) is 3.89. The molecule has 0 aliphatic rings. The summed E-state index contributed by atoms with van der Waals surface area (Å²) in [6.45, 7) is 2.03. The van der Waals surface area contributed by atoms with Crippen LogP contribution in [0.2, 0.25) is 5.15 Å². The number of rotatable bonds is 1. The smallest absolute Gasteiger partial charge is 0.131 e. The number of pyridine rings is 1. The molecule has 0 fully saturated rings. The molecule has 1 aromatic rings. The molecular weight excluding hydrogens is 148 g/mol. The van der Waals surface area contributed by atoms with Gasteiger partial charge in [-0.25, -0.2) is 4.98 Å². The molecule has 0 spiro atoms. The molecule has 1 rings (SSSR count). The Balaban J connectivity index is 3.07. The Morgan fingerprint density at radius 2 is 2.30 bits per heavy atom. The van der Waals surface area contributed by atoms with Gasteiger partial charge in [0.1, 0.15) is 11.0 Å². The molecule has 54 valence electrons. The maximum atomic E-state index is 5.58. The van der Waals surface area contributed by atoms with Crippen LogP contribution in [-0.4, -0.2) is 4.98 Å². The molecule has 0 saturated heterocycles. The quantitative estimate of drug-likeness (QED) is 0.631. The fourth-order valence-electron chi connectivity index (χ4n) is 0.778. The molecule has 0 atom stereocenters. The normalized spacial score (nSPS) is 9.80. The second kappa shape index (κ2) is 2.88. The first kappa shape index (κ1) is 7.35. The number of aromatic nitrogens is 1. The molecule has 2 nitrogen and oxygen atoms in total. The molecular formula is C7H9ClN2. The van der Waals surface area contributed by atoms with Crippen molar-refractivity contribution in [1.82, 2.24) is 4.98 Å². The maximum absolute atomic E-state index is 5.58. The van der Waals surface area contributed by atoms with E-state index >= 15 is 0 Å². The highest BCUT2D eigenvalue weighted by Gasteiger charge is 1.96. The maximum Gasteiger partial charge on any atom is 0.131 e. The minimum Gasteiger partial charge on any atom is -0.383 e. The summed E-state index contributed by atoms with van der Waals surface area (Å²) in [6, 6.07) is 3.64. The van der Waals surface area contributed by atoms with Crippen molar-refractivity contribution >= 4 is 17.4 Å². The monoisotopic (exact) mass is 156 g/mol. The van der Waals surface area contributed by atoms with Gasteiger partial charge < -0.3 is 5.73 Å². The molecule has 1 aromatic heterocycles. The highest BCUT2D eigenvalue weighted by atomic mass is 35.5. The van der Waals surface area contributed by atoms with E-state index in [1.165, 1.54) is 0 Å². The van der Waals surface area contributed by atoms with E-state index in [9.17, 15) is 0 Å². The van der Waals surface area contributed by atoms with Gasteiger partial charge in [0.25, 0.3) is 0 Å². The van der Waals surface area contributed by atoms with E-state index in [-0.39, 0.29) is 0 Å². The summed E-state index contributed by atoms with van der Waals surface area (Å²) >= 11 is 5.58. The minimum absolute atomic E-state index is 0.453. The first-order chi connectivity index (χ1) is 4.74. The van der Waals surface area contributed by atoms with Gasteiger partial charge in [0.05, 0.1) is 0 Å². The van der Waals surface area contributed by atoms with E-state index in [1.807, 2.05) is 13.0 Å². The van der Waals surface area contributed by atoms with E-state index in [2.05, 4.69) is 4.98 Å². The third-order valence-electron chi connectivity index (χ3n) is 1.36. The van der Waals surface area contributed by atoms with Crippen molar-refractivity contribution in [1.29, 1.82) is 0 Å². The van der Waals surface area contributed by atoms with Gasteiger partial charge in [0.2, 0.25) is 0 Å². The van der Waals surface area contributed by atoms with E-state index in [1.54, 1.807) is 6.07 Å². The number of nitrogens with zero attached hydrogens (tertiary/aromatic N) is 1. The number of nitrogen functional groups attached to an aromatic ring is 1. The summed E-state index contributed by atoms with van der Waals surface area (Å²) < 4.78 is 0. The zero-order chi connectivity index (χ0) is 7.56. The van der Waals surface area contributed by atoms with Crippen LogP contribution in [0.4, 0.5) is 5.82 Å². The van der Waals surface area contributed by atoms with Crippen LogP contribution in [0.3, 0.4) is 0 Å². The van der Waals surface area contributed by atoms with Crippen LogP contribution in [0.5, 0.6) is 0 Å². The lowest BCUT2D eigenvalue weighted by Gasteiger charge is -1.99. The lowest BCUT2D eigenvalue weighted by molar-refractivity contribution is 1.11. The predicted molar refractivity (Wildman–Crippen MR) is 43.0 cm³/mol. The third-order valence-corrected chi connectivity index (χ3v) is 1.57. The van der Waals surface area contributed by atoms with Gasteiger partial charge in [0, 0.05) is 0 Å². The zero-order valence-corrected chi connectivity index (χ0v) is 6.52. The number of aryl methyl sites for hydroxylation is 1. The molecule has 2 N–H and O–H groups in total. The Morgan fingerprint density at radius 3 is 2.80 bits per heavy atom. The van der Waals surface area contributed by atoms with Gasteiger partial charge >= 0.3 is 0 Å². The summed E-state index contributed by atoms with van der Waals surface area (Å²) in [7, 11) is 0. The number of hydrogen-bond donors (Lipinski definition) is 1. The average molecular weight is 157 g/mol. The molecule has 0 unspecified atom stereocenters. The number of hydrogen-bond acceptors (Lipinski definition) is 2. The lowest BCUT2D eigenvalue weighted by atomic mass is 10.2. The van der Waals surface area contributed by atoms with Crippen LogP contribution in [0.1, 0.15) is 12.5 Å². The van der Waals surface area contributed by atoms with Crippen LogP contribution >= 0.6 is 11.6 Å². The summed E-state index contributed by atoms with van der Waals surface area (Å²) in [5.41, 5.74) is 6.58. The average Bonchev–Trinajstić information content (AvgIpc) is 1.88. The van der Waals surface area contributed by atoms with Gasteiger partial charge in [-0.1, -0.05) is 24.6 Å². The SMILES string of the molecule is CCc1ccc(Cl)nc1N. The molecule has 0 saturated carbocycles. The van der Waals surface area contributed by atoms with Crippen LogP contribution < -0.4 is 5.73 Å². The van der Waals surface area contributed by atoms with Gasteiger partial charge in [0.15, 0.2) is 0 Å². The molecule has 0 bridgehead atoms. The summed E-state index contributed by atoms with van der Waals surface area (Å²) in [6.07, 6.45) is 0.899. The van der Waals surface area contributed by atoms with Crippen molar-refractivity contribution < 1.29 is 0 Å². The van der Waals surface area contributed by atoms with Crippen molar-refractivity contribution in [3.63, 3.8) is 0 Å². The Bertz CT molecular complexity index is 235. The van der Waals surface area contributed by atoms with Crippen LogP contribution in [-0.2, 0) is 6.42 Å². The fourth-order valence-corrected chi connectivity index (χ4v) is 0.932. The van der Waals surface area contributed by atoms with E-state index in [4.69, 9.17) is 17.3 Å². The standard InChI is InChI=1S/C7H9ClN2/c1-2-5-3-4-6(8)10-7(5)9/h3-4H,2H2,1H3,(H2,9,10). The van der Waals surface area contributed by atoms with Crippen LogP contribution in [0.15, 0.2) is 12.1 Å². The first-order valence-electron chi connectivity index (χ1n) is 3.15. The molecule has 10 heavy (non-hydrogen) atoms. The third kappa shape index (κ3) is 1.39. The second-order valence-corrected chi connectivity index (χ2v) is 2.42. The molecule has 0 amide bonds. The van der Waals surface area contributed by atoms with E-state index in [0.717, 1.165) is 12.0 Å². The van der Waals surface area contributed by atoms with Gasteiger partial charge in [-0.2, -0.15) is 0 Å². The van der Waals surface area contributed by atoms with Gasteiger partial charge in [-0.3, -0.25) is 0 Å². The Morgan fingerprint density at radius 1 is 1.60 bits per heavy atom. The fraction of sp³-hybridized carbons (Fsp3) is 0.286. The lowest BCUT2D eigenvalue weighted by Crippen LogP contribution is -1.95. The minimum atomic E-state index is 0.453. The highest BCUT2D eigenvalue weighted by Crippen LogP contribution is 2.12. The van der Waals surface area contributed by atoms with Crippen molar-refractivity contribution in [2.45, 2.75) is 13.3 Å². The summed E-state index contributed by atoms with van der Waals surface area (Å²) in [5, 5.41) is 0.453. The van der Waals surface area contributed by atoms with Crippen LogP contribution in [0, 0.1) is 0 Å². The number of anilines is 1. The van der Waals surface area contributed by atoms with Crippen LogP contribution in [0.25, 0.3) is 0 Å². The molecule has 0 radical (unpaired) electrons.